The smallest absolute Gasteiger partial charge is 0.246 e. The average Bonchev–Trinajstić information content (AvgIpc) is 3.38. The van der Waals surface area contributed by atoms with E-state index in [2.05, 4.69) is 9.97 Å². The molecular formula is C20H20FN3O3S. The SMILES string of the molecule is COc1cccc(-c2cnc([C@H]3CCCN3S(=O)(=O)c3ccccc3F)[nH]2)c1. The first-order valence-corrected chi connectivity index (χ1v) is 10.4. The second-order valence-electron chi connectivity index (χ2n) is 6.62. The van der Waals surface area contributed by atoms with Crippen molar-refractivity contribution in [3.63, 3.8) is 0 Å². The molecule has 3 aromatic rings. The van der Waals surface area contributed by atoms with Gasteiger partial charge in [-0.2, -0.15) is 4.31 Å². The second-order valence-corrected chi connectivity index (χ2v) is 8.48. The fraction of sp³-hybridized carbons (Fsp3) is 0.250. The van der Waals surface area contributed by atoms with Crippen LogP contribution in [0, 0.1) is 5.82 Å². The molecule has 6 nitrogen and oxygen atoms in total. The van der Waals surface area contributed by atoms with Gasteiger partial charge >= 0.3 is 0 Å². The number of hydrogen-bond acceptors (Lipinski definition) is 4. The Morgan fingerprint density at radius 2 is 2.04 bits per heavy atom. The number of H-pyrrole nitrogens is 1. The quantitative estimate of drug-likeness (QED) is 0.707. The van der Waals surface area contributed by atoms with Crippen molar-refractivity contribution in [1.29, 1.82) is 0 Å². The Hall–Kier alpha value is -2.71. The first kappa shape index (κ1) is 18.6. The van der Waals surface area contributed by atoms with Crippen LogP contribution in [0.25, 0.3) is 11.3 Å². The minimum atomic E-state index is -3.95. The summed E-state index contributed by atoms with van der Waals surface area (Å²) in [7, 11) is -2.36. The van der Waals surface area contributed by atoms with Crippen molar-refractivity contribution in [2.24, 2.45) is 0 Å². The van der Waals surface area contributed by atoms with Gasteiger partial charge < -0.3 is 9.72 Å². The highest BCUT2D eigenvalue weighted by Gasteiger charge is 2.38. The lowest BCUT2D eigenvalue weighted by Crippen LogP contribution is -2.31. The van der Waals surface area contributed by atoms with Gasteiger partial charge in [0, 0.05) is 12.1 Å². The lowest BCUT2D eigenvalue weighted by Gasteiger charge is -2.22. The van der Waals surface area contributed by atoms with Crippen molar-refractivity contribution >= 4 is 10.0 Å². The van der Waals surface area contributed by atoms with Crippen molar-refractivity contribution in [2.45, 2.75) is 23.8 Å². The van der Waals surface area contributed by atoms with E-state index in [-0.39, 0.29) is 4.90 Å². The molecule has 1 aliphatic rings. The Balaban J connectivity index is 1.66. The Morgan fingerprint density at radius 3 is 2.82 bits per heavy atom. The first-order chi connectivity index (χ1) is 13.5. The molecule has 0 aliphatic carbocycles. The fourth-order valence-corrected chi connectivity index (χ4v) is 5.25. The van der Waals surface area contributed by atoms with Gasteiger partial charge in [0.2, 0.25) is 10.0 Å². The second kappa shape index (κ2) is 7.37. The van der Waals surface area contributed by atoms with Crippen molar-refractivity contribution in [2.75, 3.05) is 13.7 Å². The van der Waals surface area contributed by atoms with Crippen LogP contribution in [-0.2, 0) is 10.0 Å². The van der Waals surface area contributed by atoms with E-state index in [1.54, 1.807) is 13.3 Å². The van der Waals surface area contributed by atoms with Gasteiger partial charge in [0.05, 0.1) is 25.0 Å². The number of rotatable bonds is 5. The van der Waals surface area contributed by atoms with Crippen LogP contribution in [0.3, 0.4) is 0 Å². The van der Waals surface area contributed by atoms with Gasteiger partial charge in [-0.15, -0.1) is 0 Å². The predicted octanol–water partition coefficient (Wildman–Crippen LogP) is 3.75. The topological polar surface area (TPSA) is 75.3 Å². The van der Waals surface area contributed by atoms with Gasteiger partial charge in [-0.3, -0.25) is 0 Å². The van der Waals surface area contributed by atoms with E-state index in [9.17, 15) is 12.8 Å². The third-order valence-corrected chi connectivity index (χ3v) is 6.86. The van der Waals surface area contributed by atoms with Crippen LogP contribution in [0.1, 0.15) is 24.7 Å². The molecule has 1 saturated heterocycles. The molecule has 1 atom stereocenters. The summed E-state index contributed by atoms with van der Waals surface area (Å²) in [6, 6.07) is 12.5. The third kappa shape index (κ3) is 3.29. The largest absolute Gasteiger partial charge is 0.497 e. The van der Waals surface area contributed by atoms with Crippen LogP contribution < -0.4 is 4.74 Å². The zero-order valence-electron chi connectivity index (χ0n) is 15.3. The number of halogens is 1. The molecule has 4 rings (SSSR count). The summed E-state index contributed by atoms with van der Waals surface area (Å²) in [4.78, 5) is 7.33. The first-order valence-electron chi connectivity index (χ1n) is 8.96. The van der Waals surface area contributed by atoms with E-state index < -0.39 is 21.9 Å². The molecule has 28 heavy (non-hydrogen) atoms. The lowest BCUT2D eigenvalue weighted by atomic mass is 10.1. The summed E-state index contributed by atoms with van der Waals surface area (Å²) in [5.41, 5.74) is 1.66. The molecule has 0 spiro atoms. The fourth-order valence-electron chi connectivity index (χ4n) is 3.52. The number of aromatic amines is 1. The molecule has 8 heteroatoms. The van der Waals surface area contributed by atoms with Gasteiger partial charge in [-0.25, -0.2) is 17.8 Å². The van der Waals surface area contributed by atoms with Crippen LogP contribution in [0.15, 0.2) is 59.6 Å². The van der Waals surface area contributed by atoms with Crippen molar-refractivity contribution in [3.05, 3.63) is 66.4 Å². The molecule has 0 saturated carbocycles. The predicted molar refractivity (Wildman–Crippen MR) is 103 cm³/mol. The third-order valence-electron chi connectivity index (χ3n) is 4.92. The van der Waals surface area contributed by atoms with Gasteiger partial charge in [-0.05, 0) is 37.1 Å². The number of methoxy groups -OCH3 is 1. The van der Waals surface area contributed by atoms with E-state index in [0.717, 1.165) is 23.1 Å². The highest BCUT2D eigenvalue weighted by Crippen LogP contribution is 2.36. The average molecular weight is 401 g/mol. The summed E-state index contributed by atoms with van der Waals surface area (Å²) in [5, 5.41) is 0. The van der Waals surface area contributed by atoms with Crippen LogP contribution in [0.2, 0.25) is 0 Å². The van der Waals surface area contributed by atoms with E-state index in [0.29, 0.717) is 25.2 Å². The molecule has 0 radical (unpaired) electrons. The number of nitrogens with one attached hydrogen (secondary N) is 1. The van der Waals surface area contributed by atoms with Crippen molar-refractivity contribution < 1.29 is 17.5 Å². The number of hydrogen-bond donors (Lipinski definition) is 1. The Bertz CT molecular complexity index is 1100. The molecule has 2 aromatic carbocycles. The number of nitrogens with zero attached hydrogens (tertiary/aromatic N) is 2. The number of aromatic nitrogens is 2. The summed E-state index contributed by atoms with van der Waals surface area (Å²) in [6.45, 7) is 0.330. The molecule has 0 bridgehead atoms. The van der Waals surface area contributed by atoms with Crippen molar-refractivity contribution in [3.8, 4) is 17.0 Å². The highest BCUT2D eigenvalue weighted by molar-refractivity contribution is 7.89. The summed E-state index contributed by atoms with van der Waals surface area (Å²) in [5.74, 6) is 0.526. The van der Waals surface area contributed by atoms with Gasteiger partial charge in [0.25, 0.3) is 0 Å². The van der Waals surface area contributed by atoms with E-state index in [1.165, 1.54) is 22.5 Å². The molecule has 1 fully saturated rings. The zero-order chi connectivity index (χ0) is 19.7. The molecule has 146 valence electrons. The maximum Gasteiger partial charge on any atom is 0.246 e. The molecule has 1 N–H and O–H groups in total. The Kier molecular flexibility index (Phi) is 4.91. The number of imidazole rings is 1. The van der Waals surface area contributed by atoms with Gasteiger partial charge in [-0.1, -0.05) is 24.3 Å². The van der Waals surface area contributed by atoms with Crippen LogP contribution in [0.4, 0.5) is 4.39 Å². The van der Waals surface area contributed by atoms with Crippen LogP contribution >= 0.6 is 0 Å². The molecular weight excluding hydrogens is 381 g/mol. The molecule has 2 heterocycles. The van der Waals surface area contributed by atoms with E-state index >= 15 is 0 Å². The lowest BCUT2D eigenvalue weighted by molar-refractivity contribution is 0.382. The zero-order valence-corrected chi connectivity index (χ0v) is 16.1. The van der Waals surface area contributed by atoms with Crippen LogP contribution in [-0.4, -0.2) is 36.3 Å². The van der Waals surface area contributed by atoms with Crippen LogP contribution in [0.5, 0.6) is 5.75 Å². The van der Waals surface area contributed by atoms with Gasteiger partial charge in [0.15, 0.2) is 0 Å². The Morgan fingerprint density at radius 1 is 1.21 bits per heavy atom. The summed E-state index contributed by atoms with van der Waals surface area (Å²) >= 11 is 0. The number of benzene rings is 2. The maximum atomic E-state index is 14.1. The molecule has 1 aromatic heterocycles. The maximum absolute atomic E-state index is 14.1. The van der Waals surface area contributed by atoms with Gasteiger partial charge in [0.1, 0.15) is 22.3 Å². The number of ether oxygens (including phenoxy) is 1. The minimum absolute atomic E-state index is 0.304. The molecule has 1 aliphatic heterocycles. The summed E-state index contributed by atoms with van der Waals surface area (Å²) < 4.78 is 46.8. The monoisotopic (exact) mass is 401 g/mol. The summed E-state index contributed by atoms with van der Waals surface area (Å²) in [6.07, 6.45) is 2.99. The van der Waals surface area contributed by atoms with E-state index in [1.807, 2.05) is 24.3 Å². The van der Waals surface area contributed by atoms with E-state index in [4.69, 9.17) is 4.74 Å². The normalized spacial score (nSPS) is 17.7. The molecule has 0 unspecified atom stereocenters. The highest BCUT2D eigenvalue weighted by atomic mass is 32.2. The van der Waals surface area contributed by atoms with Crippen molar-refractivity contribution in [1.82, 2.24) is 14.3 Å². The molecule has 0 amide bonds. The standard InChI is InChI=1S/C20H20FN3O3S/c1-27-15-7-4-6-14(12-15)17-13-22-20(23-17)18-9-5-11-24(18)28(25,26)19-10-3-2-8-16(19)21/h2-4,6-8,10,12-13,18H,5,9,11H2,1H3,(H,22,23)/t18-/m1/s1. The number of sulfonamides is 1. The minimum Gasteiger partial charge on any atom is -0.497 e. The Labute approximate surface area is 163 Å².